The highest BCUT2D eigenvalue weighted by Crippen LogP contribution is 2.30. The molecule has 116 valence electrons. The molecule has 2 unspecified atom stereocenters. The normalized spacial score (nSPS) is 22.3. The van der Waals surface area contributed by atoms with Crippen molar-refractivity contribution in [1.29, 1.82) is 0 Å². The fourth-order valence-corrected chi connectivity index (χ4v) is 4.73. The lowest BCUT2D eigenvalue weighted by Crippen LogP contribution is -2.33. The van der Waals surface area contributed by atoms with Crippen LogP contribution >= 0.6 is 11.8 Å². The maximum Gasteiger partial charge on any atom is 0.337 e. The van der Waals surface area contributed by atoms with Gasteiger partial charge in [-0.2, -0.15) is 11.8 Å². The average Bonchev–Trinajstić information content (AvgIpc) is 2.86. The van der Waals surface area contributed by atoms with Crippen LogP contribution in [-0.2, 0) is 10.0 Å². The fraction of sp³-hybridized carbons (Fsp3) is 0.538. The van der Waals surface area contributed by atoms with Crippen molar-refractivity contribution in [3.05, 3.63) is 23.9 Å². The Bertz CT molecular complexity index is 601. The van der Waals surface area contributed by atoms with Gasteiger partial charge in [0.05, 0.1) is 5.56 Å². The van der Waals surface area contributed by atoms with E-state index in [9.17, 15) is 13.2 Å². The molecule has 0 amide bonds. The molecule has 0 bridgehead atoms. The number of aromatic carboxylic acids is 1. The Morgan fingerprint density at radius 2 is 2.24 bits per heavy atom. The molecule has 1 saturated carbocycles. The predicted octanol–water partition coefficient (Wildman–Crippen LogP) is 1.73. The van der Waals surface area contributed by atoms with E-state index in [4.69, 9.17) is 5.11 Å². The van der Waals surface area contributed by atoms with Crippen LogP contribution in [0.25, 0.3) is 0 Å². The van der Waals surface area contributed by atoms with Gasteiger partial charge in [-0.05, 0) is 37.1 Å². The van der Waals surface area contributed by atoms with Crippen molar-refractivity contribution in [2.45, 2.75) is 42.5 Å². The van der Waals surface area contributed by atoms with E-state index in [1.165, 1.54) is 12.1 Å². The summed E-state index contributed by atoms with van der Waals surface area (Å²) in [4.78, 5) is 14.5. The second-order valence-electron chi connectivity index (χ2n) is 4.90. The molecule has 1 aromatic rings. The summed E-state index contributed by atoms with van der Waals surface area (Å²) >= 11 is 1.85. The van der Waals surface area contributed by atoms with Crippen LogP contribution in [0.15, 0.2) is 23.4 Å². The third-order valence-corrected chi connectivity index (χ3v) is 6.04. The first-order valence-corrected chi connectivity index (χ1v) is 9.29. The molecule has 1 aliphatic carbocycles. The standard InChI is InChI=1S/C13H18N2O4S2/c1-2-20-11-5-4-10(7-11)15-21(18,19)12-6-3-9(8-14-12)13(16)17/h3,6,8,10-11,15H,2,4-5,7H2,1H3,(H,16,17). The number of sulfonamides is 1. The molecular weight excluding hydrogens is 312 g/mol. The van der Waals surface area contributed by atoms with Crippen molar-refractivity contribution >= 4 is 27.8 Å². The lowest BCUT2D eigenvalue weighted by molar-refractivity contribution is 0.0696. The fourth-order valence-electron chi connectivity index (χ4n) is 2.38. The smallest absolute Gasteiger partial charge is 0.337 e. The number of pyridine rings is 1. The number of carboxylic acids is 1. The van der Waals surface area contributed by atoms with Gasteiger partial charge in [0.1, 0.15) is 0 Å². The number of hydrogen-bond acceptors (Lipinski definition) is 5. The second kappa shape index (κ2) is 6.76. The van der Waals surface area contributed by atoms with E-state index in [1.807, 2.05) is 11.8 Å². The molecule has 1 fully saturated rings. The number of aromatic nitrogens is 1. The van der Waals surface area contributed by atoms with Crippen LogP contribution in [0.3, 0.4) is 0 Å². The van der Waals surface area contributed by atoms with Crippen molar-refractivity contribution < 1.29 is 18.3 Å². The van der Waals surface area contributed by atoms with Gasteiger partial charge in [0, 0.05) is 17.5 Å². The minimum Gasteiger partial charge on any atom is -0.478 e. The number of nitrogens with zero attached hydrogens (tertiary/aromatic N) is 1. The van der Waals surface area contributed by atoms with E-state index in [0.717, 1.165) is 31.2 Å². The lowest BCUT2D eigenvalue weighted by atomic mass is 10.3. The van der Waals surface area contributed by atoms with Crippen molar-refractivity contribution in [1.82, 2.24) is 9.71 Å². The molecule has 0 radical (unpaired) electrons. The first-order valence-electron chi connectivity index (χ1n) is 6.75. The summed E-state index contributed by atoms with van der Waals surface area (Å²) in [6.45, 7) is 2.09. The minimum atomic E-state index is -3.69. The van der Waals surface area contributed by atoms with Crippen LogP contribution in [-0.4, -0.2) is 41.5 Å². The Hall–Kier alpha value is -1.12. The quantitative estimate of drug-likeness (QED) is 0.824. The maximum atomic E-state index is 12.2. The van der Waals surface area contributed by atoms with Gasteiger partial charge in [0.15, 0.2) is 5.03 Å². The summed E-state index contributed by atoms with van der Waals surface area (Å²) in [7, 11) is -3.69. The summed E-state index contributed by atoms with van der Waals surface area (Å²) in [6, 6.07) is 2.40. The second-order valence-corrected chi connectivity index (χ2v) is 8.14. The van der Waals surface area contributed by atoms with Gasteiger partial charge in [0.2, 0.25) is 0 Å². The summed E-state index contributed by atoms with van der Waals surface area (Å²) in [6.07, 6.45) is 3.72. The van der Waals surface area contributed by atoms with E-state index in [-0.39, 0.29) is 16.6 Å². The van der Waals surface area contributed by atoms with Crippen molar-refractivity contribution in [3.63, 3.8) is 0 Å². The molecule has 0 saturated heterocycles. The zero-order valence-electron chi connectivity index (χ0n) is 11.7. The molecule has 2 N–H and O–H groups in total. The van der Waals surface area contributed by atoms with Crippen LogP contribution in [0, 0.1) is 0 Å². The third kappa shape index (κ3) is 4.18. The first kappa shape index (κ1) is 16.3. The zero-order chi connectivity index (χ0) is 15.5. The highest BCUT2D eigenvalue weighted by molar-refractivity contribution is 7.99. The van der Waals surface area contributed by atoms with Crippen LogP contribution in [0.4, 0.5) is 0 Å². The highest BCUT2D eigenvalue weighted by Gasteiger charge is 2.29. The summed E-state index contributed by atoms with van der Waals surface area (Å²) in [5.74, 6) is -0.0999. The van der Waals surface area contributed by atoms with E-state index >= 15 is 0 Å². The van der Waals surface area contributed by atoms with Gasteiger partial charge in [0.25, 0.3) is 10.0 Å². The van der Waals surface area contributed by atoms with E-state index in [2.05, 4.69) is 16.6 Å². The Morgan fingerprint density at radius 3 is 2.81 bits per heavy atom. The van der Waals surface area contributed by atoms with Gasteiger partial charge in [-0.1, -0.05) is 6.92 Å². The summed E-state index contributed by atoms with van der Waals surface area (Å²) in [5, 5.41) is 9.15. The summed E-state index contributed by atoms with van der Waals surface area (Å²) in [5.41, 5.74) is -0.0331. The molecule has 0 aromatic carbocycles. The number of nitrogens with one attached hydrogen (secondary N) is 1. The lowest BCUT2D eigenvalue weighted by Gasteiger charge is -2.13. The zero-order valence-corrected chi connectivity index (χ0v) is 13.3. The first-order chi connectivity index (χ1) is 9.92. The number of carboxylic acid groups (broad SMARTS) is 1. The van der Waals surface area contributed by atoms with Crippen LogP contribution < -0.4 is 4.72 Å². The van der Waals surface area contributed by atoms with E-state index < -0.39 is 16.0 Å². The van der Waals surface area contributed by atoms with Crippen molar-refractivity contribution in [3.8, 4) is 0 Å². The molecule has 0 spiro atoms. The largest absolute Gasteiger partial charge is 0.478 e. The molecular formula is C13H18N2O4S2. The Kier molecular flexibility index (Phi) is 5.23. The SMILES string of the molecule is CCSC1CCC(NS(=O)(=O)c2ccc(C(=O)O)cn2)C1. The molecule has 6 nitrogen and oxygen atoms in total. The van der Waals surface area contributed by atoms with Crippen molar-refractivity contribution in [2.24, 2.45) is 0 Å². The Morgan fingerprint density at radius 1 is 1.48 bits per heavy atom. The van der Waals surface area contributed by atoms with Crippen molar-refractivity contribution in [2.75, 3.05) is 5.75 Å². The molecule has 0 aliphatic heterocycles. The molecule has 21 heavy (non-hydrogen) atoms. The minimum absolute atomic E-state index is 0.0331. The highest BCUT2D eigenvalue weighted by atomic mass is 32.2. The van der Waals surface area contributed by atoms with Crippen LogP contribution in [0.2, 0.25) is 0 Å². The number of hydrogen-bond donors (Lipinski definition) is 2. The van der Waals surface area contributed by atoms with Gasteiger partial charge < -0.3 is 5.11 Å². The molecule has 8 heteroatoms. The van der Waals surface area contributed by atoms with Gasteiger partial charge in [-0.3, -0.25) is 0 Å². The molecule has 1 heterocycles. The number of rotatable bonds is 6. The van der Waals surface area contributed by atoms with E-state index in [0.29, 0.717) is 5.25 Å². The molecule has 1 aromatic heterocycles. The molecule has 2 atom stereocenters. The molecule has 2 rings (SSSR count). The monoisotopic (exact) mass is 330 g/mol. The predicted molar refractivity (Wildman–Crippen MR) is 81.1 cm³/mol. The van der Waals surface area contributed by atoms with Crippen LogP contribution in [0.1, 0.15) is 36.5 Å². The third-order valence-electron chi connectivity index (χ3n) is 3.37. The maximum absolute atomic E-state index is 12.2. The summed E-state index contributed by atoms with van der Waals surface area (Å²) < 4.78 is 27.1. The van der Waals surface area contributed by atoms with Gasteiger partial charge in [-0.15, -0.1) is 0 Å². The van der Waals surface area contributed by atoms with Gasteiger partial charge in [-0.25, -0.2) is 22.9 Å². The Balaban J connectivity index is 2.03. The molecule has 1 aliphatic rings. The topological polar surface area (TPSA) is 96.4 Å². The van der Waals surface area contributed by atoms with E-state index in [1.54, 1.807) is 0 Å². The van der Waals surface area contributed by atoms with Gasteiger partial charge >= 0.3 is 5.97 Å². The Labute approximate surface area is 128 Å². The number of thioether (sulfide) groups is 1. The average molecular weight is 330 g/mol. The van der Waals surface area contributed by atoms with Crippen LogP contribution in [0.5, 0.6) is 0 Å². The number of carbonyl (C=O) groups is 1.